The lowest BCUT2D eigenvalue weighted by Gasteiger charge is -2.04. The topological polar surface area (TPSA) is 26.0 Å². The predicted octanol–water partition coefficient (Wildman–Crippen LogP) is 3.18. The molecule has 5 heteroatoms. The lowest BCUT2D eigenvalue weighted by Crippen LogP contribution is -2.06. The van der Waals surface area contributed by atoms with Crippen molar-refractivity contribution in [3.05, 3.63) is 21.9 Å². The number of halogens is 3. The summed E-state index contributed by atoms with van der Waals surface area (Å²) < 4.78 is 36.4. The van der Waals surface area contributed by atoms with Crippen LogP contribution in [0.15, 0.2) is 12.1 Å². The van der Waals surface area contributed by atoms with E-state index in [1.54, 1.807) is 0 Å². The van der Waals surface area contributed by atoms with Crippen LogP contribution in [0, 0.1) is 0 Å². The first-order chi connectivity index (χ1) is 5.95. The highest BCUT2D eigenvalue weighted by atomic mass is 32.1. The molecule has 74 valence electrons. The SMILES string of the molecule is CC[C@H](N)c1ccc(C(F)(F)F)s1. The summed E-state index contributed by atoms with van der Waals surface area (Å²) in [5.74, 6) is 0. The Labute approximate surface area is 78.4 Å². The van der Waals surface area contributed by atoms with Crippen LogP contribution in [-0.2, 0) is 6.18 Å². The van der Waals surface area contributed by atoms with Gasteiger partial charge < -0.3 is 5.73 Å². The highest BCUT2D eigenvalue weighted by Crippen LogP contribution is 2.36. The number of alkyl halides is 3. The summed E-state index contributed by atoms with van der Waals surface area (Å²) in [5.41, 5.74) is 5.59. The van der Waals surface area contributed by atoms with E-state index >= 15 is 0 Å². The molecule has 0 aliphatic heterocycles. The van der Waals surface area contributed by atoms with E-state index in [0.717, 1.165) is 17.4 Å². The molecule has 0 spiro atoms. The maximum Gasteiger partial charge on any atom is 0.425 e. The molecule has 1 heterocycles. The molecule has 0 saturated heterocycles. The summed E-state index contributed by atoms with van der Waals surface area (Å²) in [4.78, 5) is 0.0150. The Morgan fingerprint density at radius 2 is 2.08 bits per heavy atom. The van der Waals surface area contributed by atoms with Gasteiger partial charge in [-0.2, -0.15) is 13.2 Å². The fraction of sp³-hybridized carbons (Fsp3) is 0.500. The van der Waals surface area contributed by atoms with Gasteiger partial charge in [-0.1, -0.05) is 6.92 Å². The predicted molar refractivity (Wildman–Crippen MR) is 46.5 cm³/mol. The van der Waals surface area contributed by atoms with Gasteiger partial charge in [-0.25, -0.2) is 0 Å². The van der Waals surface area contributed by atoms with Crippen molar-refractivity contribution in [2.24, 2.45) is 5.73 Å². The Kier molecular flexibility index (Phi) is 2.98. The summed E-state index contributed by atoms with van der Waals surface area (Å²) in [6.07, 6.45) is -3.59. The van der Waals surface area contributed by atoms with Gasteiger partial charge in [-0.15, -0.1) is 11.3 Å². The van der Waals surface area contributed by atoms with Crippen LogP contribution in [0.4, 0.5) is 13.2 Å². The number of hydrogen-bond donors (Lipinski definition) is 1. The summed E-state index contributed by atoms with van der Waals surface area (Å²) in [6, 6.07) is 2.25. The largest absolute Gasteiger partial charge is 0.425 e. The van der Waals surface area contributed by atoms with Crippen molar-refractivity contribution in [3.8, 4) is 0 Å². The molecular weight excluding hydrogens is 199 g/mol. The highest BCUT2D eigenvalue weighted by Gasteiger charge is 2.32. The van der Waals surface area contributed by atoms with Crippen molar-refractivity contribution < 1.29 is 13.2 Å². The van der Waals surface area contributed by atoms with Crippen LogP contribution in [0.5, 0.6) is 0 Å². The van der Waals surface area contributed by atoms with Crippen LogP contribution in [0.2, 0.25) is 0 Å². The first kappa shape index (κ1) is 10.5. The summed E-state index contributed by atoms with van der Waals surface area (Å²) in [6.45, 7) is 1.84. The minimum atomic E-state index is -4.24. The monoisotopic (exact) mass is 209 g/mol. The van der Waals surface area contributed by atoms with Gasteiger partial charge in [0.1, 0.15) is 4.88 Å². The second-order valence-corrected chi connectivity index (χ2v) is 3.83. The van der Waals surface area contributed by atoms with Gasteiger partial charge in [0, 0.05) is 10.9 Å². The number of thiophene rings is 1. The third-order valence-corrected chi connectivity index (χ3v) is 2.97. The maximum atomic E-state index is 12.1. The Morgan fingerprint density at radius 1 is 1.46 bits per heavy atom. The van der Waals surface area contributed by atoms with Crippen LogP contribution in [0.1, 0.15) is 29.1 Å². The molecule has 0 fully saturated rings. The Bertz CT molecular complexity index is 279. The molecule has 1 nitrogen and oxygen atoms in total. The fourth-order valence-electron chi connectivity index (χ4n) is 0.906. The van der Waals surface area contributed by atoms with Crippen LogP contribution in [0.25, 0.3) is 0 Å². The normalized spacial score (nSPS) is 14.5. The van der Waals surface area contributed by atoms with Gasteiger partial charge in [-0.05, 0) is 18.6 Å². The zero-order chi connectivity index (χ0) is 10.1. The minimum Gasteiger partial charge on any atom is -0.323 e. The smallest absolute Gasteiger partial charge is 0.323 e. The van der Waals surface area contributed by atoms with E-state index in [1.165, 1.54) is 6.07 Å². The lowest BCUT2D eigenvalue weighted by atomic mass is 10.2. The molecule has 1 rings (SSSR count). The van der Waals surface area contributed by atoms with Crippen molar-refractivity contribution >= 4 is 11.3 Å². The quantitative estimate of drug-likeness (QED) is 0.795. The fourth-order valence-corrected chi connectivity index (χ4v) is 1.87. The van der Waals surface area contributed by atoms with E-state index in [4.69, 9.17) is 5.73 Å². The van der Waals surface area contributed by atoms with Crippen LogP contribution in [0.3, 0.4) is 0 Å². The van der Waals surface area contributed by atoms with Gasteiger partial charge in [0.2, 0.25) is 0 Å². The molecule has 0 amide bonds. The van der Waals surface area contributed by atoms with E-state index in [2.05, 4.69) is 0 Å². The molecule has 0 unspecified atom stereocenters. The van der Waals surface area contributed by atoms with Gasteiger partial charge in [0.05, 0.1) is 0 Å². The first-order valence-electron chi connectivity index (χ1n) is 3.87. The first-order valence-corrected chi connectivity index (χ1v) is 4.69. The van der Waals surface area contributed by atoms with Crippen molar-refractivity contribution in [1.29, 1.82) is 0 Å². The van der Waals surface area contributed by atoms with Crippen LogP contribution >= 0.6 is 11.3 Å². The molecule has 1 aromatic rings. The second-order valence-electron chi connectivity index (χ2n) is 2.71. The standard InChI is InChI=1S/C8H10F3NS/c1-2-5(12)6-3-4-7(13-6)8(9,10)11/h3-5H,2,12H2,1H3/t5-/m0/s1. The molecule has 1 aromatic heterocycles. The zero-order valence-corrected chi connectivity index (χ0v) is 7.88. The third kappa shape index (κ3) is 2.45. The van der Waals surface area contributed by atoms with Crippen LogP contribution < -0.4 is 5.73 Å². The van der Waals surface area contributed by atoms with Crippen molar-refractivity contribution in [2.75, 3.05) is 0 Å². The molecular formula is C8H10F3NS. The van der Waals surface area contributed by atoms with Crippen LogP contribution in [-0.4, -0.2) is 0 Å². The summed E-state index contributed by atoms with van der Waals surface area (Å²) in [7, 11) is 0. The number of nitrogens with two attached hydrogens (primary N) is 1. The van der Waals surface area contributed by atoms with E-state index in [-0.39, 0.29) is 6.04 Å². The number of hydrogen-bond acceptors (Lipinski definition) is 2. The average molecular weight is 209 g/mol. The Morgan fingerprint density at radius 3 is 2.46 bits per heavy atom. The molecule has 0 bridgehead atoms. The highest BCUT2D eigenvalue weighted by molar-refractivity contribution is 7.12. The summed E-state index contributed by atoms with van der Waals surface area (Å²) >= 11 is 0.722. The van der Waals surface area contributed by atoms with E-state index in [1.807, 2.05) is 6.92 Å². The van der Waals surface area contributed by atoms with E-state index in [9.17, 15) is 13.2 Å². The van der Waals surface area contributed by atoms with Gasteiger partial charge in [0.15, 0.2) is 0 Å². The third-order valence-electron chi connectivity index (χ3n) is 1.71. The van der Waals surface area contributed by atoms with Crippen molar-refractivity contribution in [1.82, 2.24) is 0 Å². The van der Waals surface area contributed by atoms with Crippen molar-refractivity contribution in [3.63, 3.8) is 0 Å². The summed E-state index contributed by atoms with van der Waals surface area (Å²) in [5, 5.41) is 0. The van der Waals surface area contributed by atoms with Gasteiger partial charge >= 0.3 is 6.18 Å². The molecule has 0 aliphatic carbocycles. The molecule has 0 aromatic carbocycles. The Hall–Kier alpha value is -0.550. The second kappa shape index (κ2) is 3.67. The maximum absolute atomic E-state index is 12.1. The van der Waals surface area contributed by atoms with Crippen molar-refractivity contribution in [2.45, 2.75) is 25.6 Å². The molecule has 1 atom stereocenters. The van der Waals surface area contributed by atoms with E-state index < -0.39 is 11.1 Å². The number of rotatable bonds is 2. The molecule has 13 heavy (non-hydrogen) atoms. The lowest BCUT2D eigenvalue weighted by molar-refractivity contribution is -0.134. The zero-order valence-electron chi connectivity index (χ0n) is 7.06. The molecule has 0 saturated carbocycles. The van der Waals surface area contributed by atoms with Gasteiger partial charge in [-0.3, -0.25) is 0 Å². The molecule has 2 N–H and O–H groups in total. The Balaban J connectivity index is 2.87. The average Bonchev–Trinajstić information content (AvgIpc) is 2.50. The van der Waals surface area contributed by atoms with Gasteiger partial charge in [0.25, 0.3) is 0 Å². The van der Waals surface area contributed by atoms with E-state index in [0.29, 0.717) is 11.3 Å². The minimum absolute atomic E-state index is 0.277. The molecule has 0 radical (unpaired) electrons. The molecule has 0 aliphatic rings.